The van der Waals surface area contributed by atoms with Gasteiger partial charge in [-0.25, -0.2) is 0 Å². The molecule has 0 aliphatic carbocycles. The van der Waals surface area contributed by atoms with E-state index in [0.717, 1.165) is 27.9 Å². The van der Waals surface area contributed by atoms with Crippen LogP contribution in [0.2, 0.25) is 0 Å². The molecule has 4 nitrogen and oxygen atoms in total. The highest BCUT2D eigenvalue weighted by atomic mass is 16.5. The molecule has 1 N–H and O–H groups in total. The normalized spacial score (nSPS) is 10.6. The summed E-state index contributed by atoms with van der Waals surface area (Å²) in [6, 6.07) is 27.5. The zero-order chi connectivity index (χ0) is 18.6. The average Bonchev–Trinajstić information content (AvgIpc) is 3.14. The Morgan fingerprint density at radius 1 is 0.815 bits per heavy atom. The maximum atomic E-state index is 11.6. The first-order valence-electron chi connectivity index (χ1n) is 8.71. The molecule has 3 aromatic carbocycles. The van der Waals surface area contributed by atoms with E-state index in [-0.39, 0.29) is 5.91 Å². The quantitative estimate of drug-likeness (QED) is 0.516. The summed E-state index contributed by atoms with van der Waals surface area (Å²) in [5.74, 6) is 0.496. The van der Waals surface area contributed by atoms with Crippen LogP contribution >= 0.6 is 0 Å². The molecule has 1 amide bonds. The van der Waals surface area contributed by atoms with Crippen molar-refractivity contribution < 1.29 is 9.32 Å². The largest absolute Gasteiger partial charge is 0.355 e. The maximum Gasteiger partial charge on any atom is 0.221 e. The minimum atomic E-state index is -0.133. The van der Waals surface area contributed by atoms with Crippen molar-refractivity contribution in [3.63, 3.8) is 0 Å². The van der Waals surface area contributed by atoms with Crippen LogP contribution in [-0.4, -0.2) is 11.1 Å². The third-order valence-electron chi connectivity index (χ3n) is 4.28. The molecule has 1 aromatic heterocycles. The van der Waals surface area contributed by atoms with Gasteiger partial charge in [0.05, 0.1) is 11.3 Å². The lowest BCUT2D eigenvalue weighted by Gasteiger charge is -2.10. The second-order valence-corrected chi connectivity index (χ2v) is 6.19. The number of para-hydroxylation sites is 1. The molecular formula is C23H18N2O2. The van der Waals surface area contributed by atoms with Crippen LogP contribution in [0.1, 0.15) is 6.92 Å². The fraction of sp³-hybridized carbons (Fsp3) is 0.0435. The number of rotatable bonds is 4. The summed E-state index contributed by atoms with van der Waals surface area (Å²) in [4.78, 5) is 11.6. The van der Waals surface area contributed by atoms with Gasteiger partial charge in [0, 0.05) is 18.1 Å². The minimum absolute atomic E-state index is 0.133. The summed E-state index contributed by atoms with van der Waals surface area (Å²) in [6.45, 7) is 1.49. The molecule has 0 fully saturated rings. The van der Waals surface area contributed by atoms with Gasteiger partial charge < -0.3 is 9.84 Å². The van der Waals surface area contributed by atoms with Crippen LogP contribution in [0.15, 0.2) is 89.5 Å². The summed E-state index contributed by atoms with van der Waals surface area (Å²) in [5.41, 5.74) is 5.14. The summed E-state index contributed by atoms with van der Waals surface area (Å²) in [7, 11) is 0. The molecule has 0 atom stereocenters. The van der Waals surface area contributed by atoms with E-state index in [1.807, 2.05) is 84.9 Å². The number of nitrogens with zero attached hydrogens (tertiary/aromatic N) is 1. The van der Waals surface area contributed by atoms with Crippen LogP contribution in [0.25, 0.3) is 33.7 Å². The minimum Gasteiger partial charge on any atom is -0.355 e. The molecule has 132 valence electrons. The predicted octanol–water partition coefficient (Wildman–Crippen LogP) is 5.63. The number of carbonyl (C=O) groups is 1. The fourth-order valence-electron chi connectivity index (χ4n) is 3.12. The molecule has 0 spiro atoms. The Bertz CT molecular complexity index is 1070. The Balaban J connectivity index is 1.96. The smallest absolute Gasteiger partial charge is 0.221 e. The number of benzene rings is 3. The van der Waals surface area contributed by atoms with E-state index in [1.54, 1.807) is 0 Å². The zero-order valence-electron chi connectivity index (χ0n) is 14.8. The second-order valence-electron chi connectivity index (χ2n) is 6.19. The van der Waals surface area contributed by atoms with E-state index >= 15 is 0 Å². The molecule has 0 radical (unpaired) electrons. The van der Waals surface area contributed by atoms with Crippen molar-refractivity contribution in [2.45, 2.75) is 6.92 Å². The maximum absolute atomic E-state index is 11.6. The standard InChI is InChI=1S/C23H18N2O2/c1-16(26)24-20-15-9-8-14-19(20)23-21(17-10-4-2-5-11-17)22(25-27-23)18-12-6-3-7-13-18/h2-15H,1H3,(H,24,26). The Hall–Kier alpha value is -3.66. The zero-order valence-corrected chi connectivity index (χ0v) is 14.8. The van der Waals surface area contributed by atoms with E-state index in [2.05, 4.69) is 10.5 Å². The van der Waals surface area contributed by atoms with Crippen molar-refractivity contribution in [3.05, 3.63) is 84.9 Å². The molecule has 0 saturated carbocycles. The Morgan fingerprint density at radius 2 is 1.41 bits per heavy atom. The Kier molecular flexibility index (Phi) is 4.54. The monoisotopic (exact) mass is 354 g/mol. The van der Waals surface area contributed by atoms with E-state index in [9.17, 15) is 4.79 Å². The number of anilines is 1. The summed E-state index contributed by atoms with van der Waals surface area (Å²) in [5, 5.41) is 7.24. The number of carbonyl (C=O) groups excluding carboxylic acids is 1. The topological polar surface area (TPSA) is 55.1 Å². The highest BCUT2D eigenvalue weighted by Crippen LogP contribution is 2.42. The Morgan fingerprint density at radius 3 is 2.07 bits per heavy atom. The molecule has 0 aliphatic rings. The first-order chi connectivity index (χ1) is 13.2. The van der Waals surface area contributed by atoms with E-state index in [4.69, 9.17) is 4.52 Å². The van der Waals surface area contributed by atoms with Crippen molar-refractivity contribution in [1.29, 1.82) is 0 Å². The highest BCUT2D eigenvalue weighted by molar-refractivity contribution is 5.98. The molecule has 4 heteroatoms. The third-order valence-corrected chi connectivity index (χ3v) is 4.28. The number of hydrogen-bond donors (Lipinski definition) is 1. The molecule has 0 aliphatic heterocycles. The van der Waals surface area contributed by atoms with Gasteiger partial charge in [-0.3, -0.25) is 4.79 Å². The molecule has 27 heavy (non-hydrogen) atoms. The van der Waals surface area contributed by atoms with Crippen LogP contribution in [0, 0.1) is 0 Å². The summed E-state index contributed by atoms with van der Waals surface area (Å²) in [6.07, 6.45) is 0. The lowest BCUT2D eigenvalue weighted by molar-refractivity contribution is -0.114. The third kappa shape index (κ3) is 3.37. The summed E-state index contributed by atoms with van der Waals surface area (Å²) >= 11 is 0. The van der Waals surface area contributed by atoms with Crippen molar-refractivity contribution in [2.75, 3.05) is 5.32 Å². The molecule has 0 unspecified atom stereocenters. The van der Waals surface area contributed by atoms with Gasteiger partial charge in [0.2, 0.25) is 5.91 Å². The van der Waals surface area contributed by atoms with Crippen molar-refractivity contribution in [3.8, 4) is 33.7 Å². The van der Waals surface area contributed by atoms with Gasteiger partial charge in [-0.2, -0.15) is 0 Å². The molecule has 4 rings (SSSR count). The average molecular weight is 354 g/mol. The molecule has 0 saturated heterocycles. The van der Waals surface area contributed by atoms with Crippen LogP contribution < -0.4 is 5.32 Å². The van der Waals surface area contributed by atoms with Crippen molar-refractivity contribution >= 4 is 11.6 Å². The molecule has 4 aromatic rings. The SMILES string of the molecule is CC(=O)Nc1ccccc1-c1onc(-c2ccccc2)c1-c1ccccc1. The fourth-order valence-corrected chi connectivity index (χ4v) is 3.12. The molecule has 0 bridgehead atoms. The van der Waals surface area contributed by atoms with Gasteiger partial charge in [-0.15, -0.1) is 0 Å². The van der Waals surface area contributed by atoms with Gasteiger partial charge in [0.25, 0.3) is 0 Å². The first-order valence-corrected chi connectivity index (χ1v) is 8.71. The molecule has 1 heterocycles. The summed E-state index contributed by atoms with van der Waals surface area (Å²) < 4.78 is 5.81. The predicted molar refractivity (Wildman–Crippen MR) is 107 cm³/mol. The van der Waals surface area contributed by atoms with Gasteiger partial charge in [-0.1, -0.05) is 78.0 Å². The van der Waals surface area contributed by atoms with Gasteiger partial charge in [-0.05, 0) is 17.7 Å². The van der Waals surface area contributed by atoms with Gasteiger partial charge >= 0.3 is 0 Å². The van der Waals surface area contributed by atoms with Crippen LogP contribution in [-0.2, 0) is 4.79 Å². The van der Waals surface area contributed by atoms with E-state index in [0.29, 0.717) is 11.4 Å². The van der Waals surface area contributed by atoms with Crippen molar-refractivity contribution in [2.24, 2.45) is 0 Å². The second kappa shape index (κ2) is 7.30. The van der Waals surface area contributed by atoms with Crippen LogP contribution in [0.5, 0.6) is 0 Å². The van der Waals surface area contributed by atoms with Crippen LogP contribution in [0.3, 0.4) is 0 Å². The Labute approximate surface area is 157 Å². The highest BCUT2D eigenvalue weighted by Gasteiger charge is 2.22. The number of aromatic nitrogens is 1. The first kappa shape index (κ1) is 16.8. The van der Waals surface area contributed by atoms with Gasteiger partial charge in [0.1, 0.15) is 5.69 Å². The lowest BCUT2D eigenvalue weighted by atomic mass is 9.96. The lowest BCUT2D eigenvalue weighted by Crippen LogP contribution is -2.06. The number of amides is 1. The van der Waals surface area contributed by atoms with E-state index < -0.39 is 0 Å². The van der Waals surface area contributed by atoms with Gasteiger partial charge in [0.15, 0.2) is 5.76 Å². The van der Waals surface area contributed by atoms with Crippen LogP contribution in [0.4, 0.5) is 5.69 Å². The van der Waals surface area contributed by atoms with Crippen molar-refractivity contribution in [1.82, 2.24) is 5.16 Å². The van der Waals surface area contributed by atoms with E-state index in [1.165, 1.54) is 6.92 Å². The molecular weight excluding hydrogens is 336 g/mol. The number of nitrogens with one attached hydrogen (secondary N) is 1. The number of hydrogen-bond acceptors (Lipinski definition) is 3.